The van der Waals surface area contributed by atoms with Crippen molar-refractivity contribution in [1.82, 2.24) is 0 Å². The second kappa shape index (κ2) is 34.2. The summed E-state index contributed by atoms with van der Waals surface area (Å²) < 4.78 is 62.6. The highest BCUT2D eigenvalue weighted by atomic mass is 32.2. The maximum Gasteiger partial charge on any atom is 0.500 e. The van der Waals surface area contributed by atoms with Gasteiger partial charge in [0, 0.05) is 63.2 Å². The molecule has 0 heterocycles. The molecule has 2 unspecified atom stereocenters. The highest BCUT2D eigenvalue weighted by molar-refractivity contribution is 7.99. The molecular formula is C34H70O13S2Si2. The van der Waals surface area contributed by atoms with Crippen LogP contribution in [0.2, 0.25) is 12.1 Å². The summed E-state index contributed by atoms with van der Waals surface area (Å²) in [7, 11) is -5.23. The second-order valence-electron chi connectivity index (χ2n) is 11.3. The van der Waals surface area contributed by atoms with Crippen LogP contribution in [0.15, 0.2) is 0 Å². The number of rotatable bonds is 38. The molecule has 304 valence electrons. The molecule has 17 heteroatoms. The van der Waals surface area contributed by atoms with Crippen LogP contribution in [0, 0.1) is 11.8 Å². The molecule has 0 amide bonds. The van der Waals surface area contributed by atoms with E-state index in [9.17, 15) is 9.59 Å². The third-order valence-electron chi connectivity index (χ3n) is 6.96. The smallest absolute Gasteiger partial charge is 0.463 e. The summed E-state index contributed by atoms with van der Waals surface area (Å²) in [6, 6.07) is 1.54. The fraction of sp³-hybridized carbons (Fsp3) is 0.941. The van der Waals surface area contributed by atoms with Gasteiger partial charge < -0.3 is 50.2 Å². The van der Waals surface area contributed by atoms with Crippen molar-refractivity contribution in [2.24, 2.45) is 11.8 Å². The van der Waals surface area contributed by atoms with Gasteiger partial charge in [-0.25, -0.2) is 0 Å². The van der Waals surface area contributed by atoms with E-state index in [4.69, 9.17) is 50.2 Å². The van der Waals surface area contributed by atoms with Crippen LogP contribution >= 0.6 is 23.5 Å². The van der Waals surface area contributed by atoms with Gasteiger partial charge >= 0.3 is 29.5 Å². The number of thioether (sulfide) groups is 2. The average molecular weight is 807 g/mol. The number of hydrogen-bond donors (Lipinski definition) is 0. The highest BCUT2D eigenvalue weighted by Gasteiger charge is 2.40. The molecule has 0 radical (unpaired) electrons. The van der Waals surface area contributed by atoms with Crippen LogP contribution in [-0.2, 0) is 59.8 Å². The number of hydrogen-bond acceptors (Lipinski definition) is 15. The first kappa shape index (κ1) is 50.7. The lowest BCUT2D eigenvalue weighted by Gasteiger charge is -2.28. The molecule has 0 aliphatic carbocycles. The largest absolute Gasteiger partial charge is 0.500 e. The van der Waals surface area contributed by atoms with Gasteiger partial charge in [0.15, 0.2) is 0 Å². The molecule has 13 nitrogen and oxygen atoms in total. The van der Waals surface area contributed by atoms with Crippen molar-refractivity contribution in [3.63, 3.8) is 0 Å². The Morgan fingerprint density at radius 1 is 0.471 bits per heavy atom. The molecule has 51 heavy (non-hydrogen) atoms. The minimum atomic E-state index is -2.61. The second-order valence-corrected chi connectivity index (χ2v) is 19.1. The first-order chi connectivity index (χ1) is 24.7. The van der Waals surface area contributed by atoms with Gasteiger partial charge in [-0.05, 0) is 65.9 Å². The summed E-state index contributed by atoms with van der Waals surface area (Å²) in [4.78, 5) is 24.6. The van der Waals surface area contributed by atoms with E-state index < -0.39 is 17.6 Å². The van der Waals surface area contributed by atoms with E-state index in [1.165, 1.54) is 0 Å². The summed E-state index contributed by atoms with van der Waals surface area (Å²) in [5, 5.41) is 0. The van der Waals surface area contributed by atoms with Crippen molar-refractivity contribution < 1.29 is 59.8 Å². The Morgan fingerprint density at radius 3 is 1.02 bits per heavy atom. The van der Waals surface area contributed by atoms with Crippen LogP contribution in [0.25, 0.3) is 0 Å². The van der Waals surface area contributed by atoms with Crippen LogP contribution < -0.4 is 0 Å². The van der Waals surface area contributed by atoms with Gasteiger partial charge in [0.25, 0.3) is 0 Å². The molecule has 0 aromatic heterocycles. The molecule has 0 fully saturated rings. The van der Waals surface area contributed by atoms with Crippen molar-refractivity contribution in [1.29, 1.82) is 0 Å². The summed E-state index contributed by atoms with van der Waals surface area (Å²) in [6.07, 6.45) is 1.81. The SMILES string of the molecule is CCO[Si](CCCSCC(C)C(=O)OCCOCCOCCOCCOC(=O)C(C)CSCCC[Si](OCC)(OCC)OCC)(OCC)OCC. The van der Waals surface area contributed by atoms with Crippen LogP contribution in [0.5, 0.6) is 0 Å². The molecule has 0 spiro atoms. The Labute approximate surface area is 319 Å². The Bertz CT molecular complexity index is 737. The molecule has 0 aromatic rings. The standard InChI is InChI=1S/C34H70O13S2Si2/c1-9-42-50(43-10-2,44-11-3)27-15-25-48-29-31(7)33(35)40-23-21-38-19-17-37-18-20-39-22-24-41-34(36)32(8)30-49-26-16-28-51(45-12-4,46-13-5)47-14-6/h31-32H,9-30H2,1-8H3. The third-order valence-corrected chi connectivity index (χ3v) is 15.9. The predicted molar refractivity (Wildman–Crippen MR) is 207 cm³/mol. The molecule has 0 aliphatic rings. The zero-order valence-corrected chi connectivity index (χ0v) is 36.5. The lowest BCUT2D eigenvalue weighted by atomic mass is 10.2. The van der Waals surface area contributed by atoms with E-state index in [1.807, 2.05) is 55.4 Å². The fourth-order valence-electron chi connectivity index (χ4n) is 4.67. The van der Waals surface area contributed by atoms with Gasteiger partial charge in [-0.15, -0.1) is 0 Å². The molecule has 0 aliphatic heterocycles. The van der Waals surface area contributed by atoms with E-state index in [0.29, 0.717) is 90.8 Å². The minimum absolute atomic E-state index is 0.200. The maximum atomic E-state index is 12.3. The van der Waals surface area contributed by atoms with Crippen molar-refractivity contribution in [3.05, 3.63) is 0 Å². The average Bonchev–Trinajstić information content (AvgIpc) is 3.10. The van der Waals surface area contributed by atoms with Gasteiger partial charge in [-0.2, -0.15) is 23.5 Å². The Morgan fingerprint density at radius 2 is 0.745 bits per heavy atom. The third kappa shape index (κ3) is 26.2. The Kier molecular flexibility index (Phi) is 34.0. The Hall–Kier alpha value is -0.286. The van der Waals surface area contributed by atoms with Crippen LogP contribution in [0.1, 0.15) is 68.2 Å². The predicted octanol–water partition coefficient (Wildman–Crippen LogP) is 5.74. The fourth-order valence-corrected chi connectivity index (χ4v) is 12.4. The minimum Gasteiger partial charge on any atom is -0.463 e. The molecule has 0 N–H and O–H groups in total. The molecule has 0 aromatic carbocycles. The van der Waals surface area contributed by atoms with E-state index in [0.717, 1.165) is 36.4 Å². The van der Waals surface area contributed by atoms with Gasteiger partial charge in [0.2, 0.25) is 0 Å². The van der Waals surface area contributed by atoms with Crippen LogP contribution in [0.3, 0.4) is 0 Å². The zero-order chi connectivity index (χ0) is 38.1. The molecule has 0 rings (SSSR count). The molecular weight excluding hydrogens is 737 g/mol. The van der Waals surface area contributed by atoms with E-state index >= 15 is 0 Å². The first-order valence-corrected chi connectivity index (χ1v) is 24.9. The number of carbonyl (C=O) groups excluding carboxylic acids is 2. The van der Waals surface area contributed by atoms with Crippen molar-refractivity contribution in [3.8, 4) is 0 Å². The lowest BCUT2D eigenvalue weighted by molar-refractivity contribution is -0.149. The van der Waals surface area contributed by atoms with Gasteiger partial charge in [0.05, 0.1) is 51.5 Å². The summed E-state index contributed by atoms with van der Waals surface area (Å²) in [5.74, 6) is 2.31. The summed E-state index contributed by atoms with van der Waals surface area (Å²) in [5.41, 5.74) is 0. The molecule has 2 atom stereocenters. The van der Waals surface area contributed by atoms with E-state index in [2.05, 4.69) is 0 Å². The van der Waals surface area contributed by atoms with E-state index in [-0.39, 0.29) is 37.0 Å². The van der Waals surface area contributed by atoms with Gasteiger partial charge in [-0.3, -0.25) is 9.59 Å². The maximum absolute atomic E-state index is 12.3. The first-order valence-electron chi connectivity index (χ1n) is 18.7. The van der Waals surface area contributed by atoms with Crippen molar-refractivity contribution >= 4 is 53.1 Å². The quantitative estimate of drug-likeness (QED) is 0.0426. The number of carbonyl (C=O) groups is 2. The summed E-state index contributed by atoms with van der Waals surface area (Å²) >= 11 is 3.44. The highest BCUT2D eigenvalue weighted by Crippen LogP contribution is 2.22. The monoisotopic (exact) mass is 806 g/mol. The van der Waals surface area contributed by atoms with Gasteiger partial charge in [0.1, 0.15) is 13.2 Å². The van der Waals surface area contributed by atoms with Crippen molar-refractivity contribution in [2.75, 3.05) is 116 Å². The van der Waals surface area contributed by atoms with Gasteiger partial charge in [-0.1, -0.05) is 13.8 Å². The lowest BCUT2D eigenvalue weighted by Crippen LogP contribution is -2.46. The zero-order valence-electron chi connectivity index (χ0n) is 32.8. The molecule has 0 saturated carbocycles. The van der Waals surface area contributed by atoms with Crippen LogP contribution in [0.4, 0.5) is 0 Å². The summed E-state index contributed by atoms with van der Waals surface area (Å²) in [6.45, 7) is 21.5. The van der Waals surface area contributed by atoms with Crippen molar-refractivity contribution in [2.45, 2.75) is 80.3 Å². The normalized spacial score (nSPS) is 13.3. The Balaban J connectivity index is 3.78. The number of esters is 2. The molecule has 0 bridgehead atoms. The van der Waals surface area contributed by atoms with E-state index in [1.54, 1.807) is 23.5 Å². The topological polar surface area (TPSA) is 136 Å². The molecule has 0 saturated heterocycles. The number of ether oxygens (including phenoxy) is 5. The van der Waals surface area contributed by atoms with Crippen LogP contribution in [-0.4, -0.2) is 145 Å².